The van der Waals surface area contributed by atoms with Crippen molar-refractivity contribution >= 4 is 5.78 Å². The average Bonchev–Trinajstić information content (AvgIpc) is 2.72. The van der Waals surface area contributed by atoms with Crippen LogP contribution in [0.1, 0.15) is 80.1 Å². The second-order valence-electron chi connectivity index (χ2n) is 9.31. The zero-order valence-corrected chi connectivity index (χ0v) is 15.5. The van der Waals surface area contributed by atoms with Gasteiger partial charge in [0.15, 0.2) is 0 Å². The highest BCUT2D eigenvalue weighted by atomic mass is 16.3. The van der Waals surface area contributed by atoms with E-state index in [-0.39, 0.29) is 16.9 Å². The second-order valence-corrected chi connectivity index (χ2v) is 9.31. The third-order valence-electron chi connectivity index (χ3n) is 7.47. The second kappa shape index (κ2) is 6.26. The van der Waals surface area contributed by atoms with E-state index in [1.807, 2.05) is 0 Å². The Morgan fingerprint density at radius 1 is 1.14 bits per heavy atom. The summed E-state index contributed by atoms with van der Waals surface area (Å²) in [5.74, 6) is 3.14. The van der Waals surface area contributed by atoms with Gasteiger partial charge < -0.3 is 5.11 Å². The Balaban J connectivity index is 0.000000160. The fourth-order valence-electron chi connectivity index (χ4n) is 5.05. The van der Waals surface area contributed by atoms with Gasteiger partial charge in [-0.15, -0.1) is 0 Å². The van der Waals surface area contributed by atoms with Gasteiger partial charge >= 0.3 is 0 Å². The van der Waals surface area contributed by atoms with Gasteiger partial charge in [0.25, 0.3) is 0 Å². The zero-order chi connectivity index (χ0) is 16.7. The number of rotatable bonds is 1. The summed E-state index contributed by atoms with van der Waals surface area (Å²) >= 11 is 0. The minimum absolute atomic E-state index is 0.0255. The topological polar surface area (TPSA) is 37.3 Å². The van der Waals surface area contributed by atoms with Crippen LogP contribution >= 0.6 is 0 Å². The molecule has 3 aliphatic rings. The van der Waals surface area contributed by atoms with Gasteiger partial charge in [-0.2, -0.15) is 0 Å². The molecule has 0 unspecified atom stereocenters. The summed E-state index contributed by atoms with van der Waals surface area (Å²) in [7, 11) is 0. The maximum Gasteiger partial charge on any atom is 0.139 e. The number of hydrogen-bond donors (Lipinski definition) is 1. The van der Waals surface area contributed by atoms with Crippen LogP contribution in [-0.2, 0) is 4.79 Å². The Morgan fingerprint density at radius 2 is 1.77 bits per heavy atom. The summed E-state index contributed by atoms with van der Waals surface area (Å²) in [5, 5.41) is 9.71. The van der Waals surface area contributed by atoms with E-state index in [1.165, 1.54) is 19.3 Å². The molecule has 22 heavy (non-hydrogen) atoms. The van der Waals surface area contributed by atoms with Crippen LogP contribution in [0.4, 0.5) is 0 Å². The number of aliphatic hydroxyl groups is 1. The first-order chi connectivity index (χ1) is 10.1. The molecular weight excluding hydrogens is 272 g/mol. The van der Waals surface area contributed by atoms with Gasteiger partial charge in [-0.3, -0.25) is 4.79 Å². The van der Waals surface area contributed by atoms with Crippen molar-refractivity contribution in [1.29, 1.82) is 0 Å². The molecule has 0 spiro atoms. The molecule has 0 aromatic heterocycles. The van der Waals surface area contributed by atoms with Gasteiger partial charge in [0.2, 0.25) is 0 Å². The molecule has 128 valence electrons. The van der Waals surface area contributed by atoms with Crippen molar-refractivity contribution in [2.45, 2.75) is 86.2 Å². The van der Waals surface area contributed by atoms with E-state index in [2.05, 4.69) is 41.5 Å². The molecule has 0 aromatic rings. The maximum atomic E-state index is 11.6. The smallest absolute Gasteiger partial charge is 0.139 e. The molecule has 3 fully saturated rings. The number of hydrogen-bond acceptors (Lipinski definition) is 2. The fourth-order valence-corrected chi connectivity index (χ4v) is 5.05. The van der Waals surface area contributed by atoms with Crippen molar-refractivity contribution in [3.8, 4) is 0 Å². The summed E-state index contributed by atoms with van der Waals surface area (Å²) in [6.07, 6.45) is 6.77. The van der Waals surface area contributed by atoms with Gasteiger partial charge in [-0.25, -0.2) is 0 Å². The van der Waals surface area contributed by atoms with Crippen LogP contribution in [-0.4, -0.2) is 17.0 Å². The van der Waals surface area contributed by atoms with Gasteiger partial charge in [0, 0.05) is 11.8 Å². The zero-order valence-electron chi connectivity index (χ0n) is 15.5. The number of fused-ring (bicyclic) bond motifs is 2. The molecule has 0 aliphatic heterocycles. The van der Waals surface area contributed by atoms with Crippen LogP contribution in [0.25, 0.3) is 0 Å². The Bertz CT molecular complexity index is 412. The van der Waals surface area contributed by atoms with Crippen LogP contribution in [0, 0.1) is 34.5 Å². The molecule has 3 aliphatic carbocycles. The van der Waals surface area contributed by atoms with E-state index in [0.717, 1.165) is 25.2 Å². The summed E-state index contributed by atoms with van der Waals surface area (Å²) in [6.45, 7) is 13.3. The van der Waals surface area contributed by atoms with Crippen LogP contribution < -0.4 is 0 Å². The average molecular weight is 309 g/mol. The normalized spacial score (nSPS) is 43.2. The molecule has 0 saturated heterocycles. The summed E-state index contributed by atoms with van der Waals surface area (Å²) < 4.78 is 0. The van der Waals surface area contributed by atoms with E-state index < -0.39 is 0 Å². The quantitative estimate of drug-likeness (QED) is 0.752. The van der Waals surface area contributed by atoms with Crippen molar-refractivity contribution < 1.29 is 9.90 Å². The van der Waals surface area contributed by atoms with Crippen LogP contribution in [0.3, 0.4) is 0 Å². The molecule has 0 heterocycles. The maximum absolute atomic E-state index is 11.6. The van der Waals surface area contributed by atoms with Gasteiger partial charge in [0.1, 0.15) is 5.78 Å². The molecule has 2 heteroatoms. The SMILES string of the molecule is CC(C)[C@@H]1CC[C@@H](C)C[C@H]1O.CC1(C)[C@@H]2CC[C@@]1(C)C(=O)C2. The molecule has 0 aromatic carbocycles. The molecule has 0 radical (unpaired) electrons. The molecule has 2 bridgehead atoms. The molecule has 3 rings (SSSR count). The molecule has 0 amide bonds. The summed E-state index contributed by atoms with van der Waals surface area (Å²) in [6, 6.07) is 0. The van der Waals surface area contributed by atoms with Gasteiger partial charge in [-0.1, -0.05) is 48.0 Å². The van der Waals surface area contributed by atoms with Crippen LogP contribution in [0.2, 0.25) is 0 Å². The van der Waals surface area contributed by atoms with E-state index >= 15 is 0 Å². The minimum Gasteiger partial charge on any atom is -0.393 e. The Labute approximate surface area is 137 Å². The van der Waals surface area contributed by atoms with Crippen molar-refractivity contribution in [2.75, 3.05) is 0 Å². The Kier molecular flexibility index (Phi) is 5.12. The summed E-state index contributed by atoms with van der Waals surface area (Å²) in [4.78, 5) is 11.6. The Morgan fingerprint density at radius 3 is 2.09 bits per heavy atom. The monoisotopic (exact) mass is 308 g/mol. The first-order valence-corrected chi connectivity index (χ1v) is 9.31. The van der Waals surface area contributed by atoms with Crippen LogP contribution in [0.15, 0.2) is 0 Å². The highest BCUT2D eigenvalue weighted by Gasteiger charge is 2.61. The minimum atomic E-state index is -0.0289. The number of aliphatic hydroxyl groups excluding tert-OH is 1. The Hall–Kier alpha value is -0.370. The predicted molar refractivity (Wildman–Crippen MR) is 91.6 cm³/mol. The lowest BCUT2D eigenvalue weighted by molar-refractivity contribution is -0.128. The third-order valence-corrected chi connectivity index (χ3v) is 7.47. The predicted octanol–water partition coefficient (Wildman–Crippen LogP) is 4.84. The van der Waals surface area contributed by atoms with Crippen molar-refractivity contribution in [2.24, 2.45) is 34.5 Å². The summed E-state index contributed by atoms with van der Waals surface area (Å²) in [5.41, 5.74) is 0.307. The standard InChI is InChI=1S/C10H16O.C10H20O/c1-9(2)7-4-5-10(9,3)8(11)6-7;1-7(2)9-5-4-8(3)6-10(9)11/h7H,4-6H2,1-3H3;7-11H,4-6H2,1-3H3/t7-,10+;8-,9+,10-/m11/s1. The molecule has 1 N–H and O–H groups in total. The third kappa shape index (κ3) is 3.00. The first kappa shape index (κ1) is 18.0. The number of ketones is 1. The van der Waals surface area contributed by atoms with E-state index in [0.29, 0.717) is 23.5 Å². The molecule has 5 atom stereocenters. The van der Waals surface area contributed by atoms with Crippen molar-refractivity contribution in [1.82, 2.24) is 0 Å². The highest BCUT2D eigenvalue weighted by Crippen LogP contribution is 2.63. The fraction of sp³-hybridized carbons (Fsp3) is 0.950. The molecule has 2 nitrogen and oxygen atoms in total. The van der Waals surface area contributed by atoms with Crippen molar-refractivity contribution in [3.63, 3.8) is 0 Å². The van der Waals surface area contributed by atoms with Crippen molar-refractivity contribution in [3.05, 3.63) is 0 Å². The number of Topliss-reactive ketones (excluding diaryl/α,β-unsaturated/α-hetero) is 1. The van der Waals surface area contributed by atoms with E-state index in [4.69, 9.17) is 0 Å². The molecular formula is C20H36O2. The van der Waals surface area contributed by atoms with Gasteiger partial charge in [-0.05, 0) is 54.8 Å². The van der Waals surface area contributed by atoms with Crippen LogP contribution in [0.5, 0.6) is 0 Å². The van der Waals surface area contributed by atoms with E-state index in [9.17, 15) is 9.90 Å². The number of carbonyl (C=O) groups is 1. The number of carbonyl (C=O) groups excluding carboxylic acids is 1. The largest absolute Gasteiger partial charge is 0.393 e. The highest BCUT2D eigenvalue weighted by molar-refractivity contribution is 5.89. The van der Waals surface area contributed by atoms with Gasteiger partial charge in [0.05, 0.1) is 6.10 Å². The molecule has 3 saturated carbocycles. The lowest BCUT2D eigenvalue weighted by Gasteiger charge is -2.33. The first-order valence-electron chi connectivity index (χ1n) is 9.31. The van der Waals surface area contributed by atoms with E-state index in [1.54, 1.807) is 0 Å². The lowest BCUT2D eigenvalue weighted by Crippen LogP contribution is -2.32. The lowest BCUT2D eigenvalue weighted by atomic mass is 9.70.